The highest BCUT2D eigenvalue weighted by atomic mass is 16.5. The van der Waals surface area contributed by atoms with Gasteiger partial charge >= 0.3 is 0 Å². The number of benzene rings is 1. The fourth-order valence-electron chi connectivity index (χ4n) is 3.34. The van der Waals surface area contributed by atoms with Gasteiger partial charge in [-0.2, -0.15) is 0 Å². The smallest absolute Gasteiger partial charge is 0.119 e. The predicted molar refractivity (Wildman–Crippen MR) is 94.3 cm³/mol. The molecule has 0 saturated heterocycles. The Labute approximate surface area is 144 Å². The molecule has 2 rings (SSSR count). The Bertz CT molecular complexity index is 502. The van der Waals surface area contributed by atoms with Crippen molar-refractivity contribution in [3.05, 3.63) is 29.3 Å². The third kappa shape index (κ3) is 4.93. The first-order valence-corrected chi connectivity index (χ1v) is 8.87. The number of unbranched alkanes of at least 4 members (excludes halogenated alkanes) is 2. The summed E-state index contributed by atoms with van der Waals surface area (Å²) in [5.41, 5.74) is 7.79. The summed E-state index contributed by atoms with van der Waals surface area (Å²) in [5.74, 6) is 1.02. The number of hydrogen-bond donors (Lipinski definition) is 3. The monoisotopic (exact) mass is 337 g/mol. The zero-order chi connectivity index (χ0) is 17.4. The van der Waals surface area contributed by atoms with Crippen molar-refractivity contribution in [1.82, 2.24) is 0 Å². The van der Waals surface area contributed by atoms with Crippen LogP contribution in [0, 0.1) is 5.92 Å². The van der Waals surface area contributed by atoms with Crippen molar-refractivity contribution in [3.63, 3.8) is 0 Å². The van der Waals surface area contributed by atoms with Crippen LogP contribution in [0.3, 0.4) is 0 Å². The molecule has 1 aliphatic carbocycles. The molecule has 0 amide bonds. The fraction of sp³-hybridized carbons (Fsp3) is 0.684. The molecule has 1 atom stereocenters. The third-order valence-electron chi connectivity index (χ3n) is 5.07. The molecule has 0 aromatic heterocycles. The minimum absolute atomic E-state index is 0.104. The lowest BCUT2D eigenvalue weighted by Gasteiger charge is -2.37. The minimum Gasteiger partial charge on any atom is -0.494 e. The highest BCUT2D eigenvalue weighted by molar-refractivity contribution is 5.38. The van der Waals surface area contributed by atoms with E-state index in [0.29, 0.717) is 0 Å². The largest absolute Gasteiger partial charge is 0.494 e. The van der Waals surface area contributed by atoms with Crippen LogP contribution in [0.25, 0.3) is 0 Å². The molecule has 5 heteroatoms. The van der Waals surface area contributed by atoms with Crippen LogP contribution in [-0.2, 0) is 17.6 Å². The summed E-state index contributed by atoms with van der Waals surface area (Å²) in [6.07, 6.45) is 5.80. The molecule has 1 aromatic rings. The summed E-state index contributed by atoms with van der Waals surface area (Å²) in [6.45, 7) is 1.16. The quantitative estimate of drug-likeness (QED) is 0.566. The topological polar surface area (TPSA) is 84.9 Å². The Kier molecular flexibility index (Phi) is 7.49. The molecule has 5 nitrogen and oxygen atoms in total. The van der Waals surface area contributed by atoms with Gasteiger partial charge in [0.1, 0.15) is 5.75 Å². The van der Waals surface area contributed by atoms with Crippen LogP contribution in [0.4, 0.5) is 0 Å². The second kappa shape index (κ2) is 9.37. The first-order valence-electron chi connectivity index (χ1n) is 8.87. The number of aliphatic hydroxyl groups excluding tert-OH is 2. The van der Waals surface area contributed by atoms with E-state index in [4.69, 9.17) is 15.2 Å². The van der Waals surface area contributed by atoms with Gasteiger partial charge in [-0.05, 0) is 67.7 Å². The predicted octanol–water partition coefficient (Wildman–Crippen LogP) is 1.67. The maximum absolute atomic E-state index is 9.49. The molecule has 0 fully saturated rings. The van der Waals surface area contributed by atoms with Gasteiger partial charge in [0.2, 0.25) is 0 Å². The summed E-state index contributed by atoms with van der Waals surface area (Å²) in [4.78, 5) is 0. The summed E-state index contributed by atoms with van der Waals surface area (Å²) in [7, 11) is 1.73. The average molecular weight is 337 g/mol. The van der Waals surface area contributed by atoms with E-state index < -0.39 is 5.54 Å². The molecule has 0 radical (unpaired) electrons. The van der Waals surface area contributed by atoms with E-state index in [1.165, 1.54) is 11.1 Å². The molecule has 1 aliphatic rings. The minimum atomic E-state index is -0.894. The van der Waals surface area contributed by atoms with Crippen molar-refractivity contribution in [1.29, 1.82) is 0 Å². The van der Waals surface area contributed by atoms with E-state index in [-0.39, 0.29) is 19.1 Å². The van der Waals surface area contributed by atoms with Gasteiger partial charge in [-0.25, -0.2) is 0 Å². The lowest BCUT2D eigenvalue weighted by Crippen LogP contribution is -2.55. The van der Waals surface area contributed by atoms with E-state index in [1.54, 1.807) is 7.11 Å². The molecule has 0 unspecified atom stereocenters. The van der Waals surface area contributed by atoms with Gasteiger partial charge in [0.15, 0.2) is 0 Å². The fourth-order valence-corrected chi connectivity index (χ4v) is 3.34. The molecule has 0 aliphatic heterocycles. The molecule has 0 saturated carbocycles. The number of rotatable bonds is 10. The first kappa shape index (κ1) is 19.2. The van der Waals surface area contributed by atoms with Crippen molar-refractivity contribution < 1.29 is 19.7 Å². The zero-order valence-corrected chi connectivity index (χ0v) is 14.7. The number of fused-ring (bicyclic) bond motifs is 1. The maximum Gasteiger partial charge on any atom is 0.119 e. The van der Waals surface area contributed by atoms with Crippen LogP contribution in [-0.4, -0.2) is 49.3 Å². The Morgan fingerprint density at radius 3 is 2.58 bits per heavy atom. The Hall–Kier alpha value is -1.14. The van der Waals surface area contributed by atoms with Crippen LogP contribution in [0.5, 0.6) is 5.75 Å². The van der Waals surface area contributed by atoms with Crippen LogP contribution >= 0.6 is 0 Å². The Balaban J connectivity index is 1.87. The number of hydrogen-bond acceptors (Lipinski definition) is 5. The number of nitrogens with two attached hydrogens (primary N) is 1. The van der Waals surface area contributed by atoms with E-state index in [0.717, 1.165) is 57.5 Å². The van der Waals surface area contributed by atoms with Gasteiger partial charge in [-0.1, -0.05) is 6.07 Å². The first-order chi connectivity index (χ1) is 11.6. The van der Waals surface area contributed by atoms with Crippen molar-refractivity contribution >= 4 is 0 Å². The lowest BCUT2D eigenvalue weighted by atomic mass is 9.73. The van der Waals surface area contributed by atoms with Gasteiger partial charge in [-0.3, -0.25) is 0 Å². The molecule has 0 bridgehead atoms. The molecule has 136 valence electrons. The summed E-state index contributed by atoms with van der Waals surface area (Å²) in [6, 6.07) is 6.22. The van der Waals surface area contributed by atoms with Crippen LogP contribution in [0.1, 0.15) is 36.8 Å². The van der Waals surface area contributed by atoms with E-state index in [2.05, 4.69) is 12.1 Å². The van der Waals surface area contributed by atoms with Gasteiger partial charge < -0.3 is 25.4 Å². The van der Waals surface area contributed by atoms with E-state index in [1.807, 2.05) is 6.07 Å². The average Bonchev–Trinajstić information content (AvgIpc) is 2.63. The maximum atomic E-state index is 9.49. The standard InChI is InChI=1S/C19H31NO4/c1-23-9-3-2-4-10-24-18-8-6-15-11-17(7-5-16(15)12-18)19(20,13-21)14-22/h6,8,12,17,21-22H,2-5,7,9-11,13-14,20H2,1H3/t17-/m1/s1. The van der Waals surface area contributed by atoms with E-state index >= 15 is 0 Å². The van der Waals surface area contributed by atoms with Crippen LogP contribution < -0.4 is 10.5 Å². The summed E-state index contributed by atoms with van der Waals surface area (Å²) in [5, 5.41) is 19.0. The van der Waals surface area contributed by atoms with Crippen LogP contribution in [0.2, 0.25) is 0 Å². The van der Waals surface area contributed by atoms with Crippen molar-refractivity contribution in [2.24, 2.45) is 11.7 Å². The molecule has 0 spiro atoms. The van der Waals surface area contributed by atoms with E-state index in [9.17, 15) is 10.2 Å². The number of aliphatic hydroxyl groups is 2. The molecule has 1 aromatic carbocycles. The van der Waals surface area contributed by atoms with Gasteiger partial charge in [0, 0.05) is 13.7 Å². The summed E-state index contributed by atoms with van der Waals surface area (Å²) >= 11 is 0. The van der Waals surface area contributed by atoms with Gasteiger partial charge in [0.25, 0.3) is 0 Å². The number of methoxy groups -OCH3 is 1. The Morgan fingerprint density at radius 2 is 1.88 bits per heavy atom. The van der Waals surface area contributed by atoms with Crippen molar-refractivity contribution in [3.8, 4) is 5.75 Å². The molecular weight excluding hydrogens is 306 g/mol. The lowest BCUT2D eigenvalue weighted by molar-refractivity contribution is 0.0690. The zero-order valence-electron chi connectivity index (χ0n) is 14.7. The number of aryl methyl sites for hydroxylation is 1. The second-order valence-electron chi connectivity index (χ2n) is 6.82. The third-order valence-corrected chi connectivity index (χ3v) is 5.07. The highest BCUT2D eigenvalue weighted by Gasteiger charge is 2.36. The molecular formula is C19H31NO4. The molecule has 24 heavy (non-hydrogen) atoms. The normalized spacial score (nSPS) is 17.6. The second-order valence-corrected chi connectivity index (χ2v) is 6.82. The Morgan fingerprint density at radius 1 is 1.12 bits per heavy atom. The SMILES string of the molecule is COCCCCCOc1ccc2c(c1)CC[C@@H](C(N)(CO)CO)C2. The van der Waals surface area contributed by atoms with Gasteiger partial charge in [-0.15, -0.1) is 0 Å². The van der Waals surface area contributed by atoms with Crippen molar-refractivity contribution in [2.45, 2.75) is 44.1 Å². The van der Waals surface area contributed by atoms with Crippen LogP contribution in [0.15, 0.2) is 18.2 Å². The number of ether oxygens (including phenoxy) is 2. The van der Waals surface area contributed by atoms with Gasteiger partial charge in [0.05, 0.1) is 25.4 Å². The summed E-state index contributed by atoms with van der Waals surface area (Å²) < 4.78 is 10.9. The molecule has 0 heterocycles. The highest BCUT2D eigenvalue weighted by Crippen LogP contribution is 2.33. The van der Waals surface area contributed by atoms with Crippen molar-refractivity contribution in [2.75, 3.05) is 33.5 Å². The molecule has 4 N–H and O–H groups in total.